The molecule has 0 aromatic carbocycles. The number of hydrogen-bond donors (Lipinski definition) is 6. The van der Waals surface area contributed by atoms with Crippen LogP contribution in [0.25, 0.3) is 0 Å². The molecule has 0 radical (unpaired) electrons. The van der Waals surface area contributed by atoms with Crippen molar-refractivity contribution in [3.05, 3.63) is 0 Å². The van der Waals surface area contributed by atoms with Crippen molar-refractivity contribution in [1.29, 1.82) is 0 Å². The molecule has 1 saturated heterocycles. The molecule has 182 valence electrons. The second kappa shape index (κ2) is 12.8. The van der Waals surface area contributed by atoms with Gasteiger partial charge >= 0.3 is 5.97 Å². The summed E-state index contributed by atoms with van der Waals surface area (Å²) in [4.78, 5) is 54.9. The predicted molar refractivity (Wildman–Crippen MR) is 119 cm³/mol. The van der Waals surface area contributed by atoms with Crippen molar-refractivity contribution < 1.29 is 24.3 Å². The van der Waals surface area contributed by atoms with E-state index in [9.17, 15) is 24.3 Å². The second-order valence-electron chi connectivity index (χ2n) is 8.52. The molecule has 0 unspecified atom stereocenters. The van der Waals surface area contributed by atoms with Crippen molar-refractivity contribution in [3.63, 3.8) is 0 Å². The lowest BCUT2D eigenvalue weighted by atomic mass is 10.0. The van der Waals surface area contributed by atoms with Gasteiger partial charge in [-0.15, -0.1) is 0 Å². The molecule has 0 aliphatic carbocycles. The number of carboxylic acid groups (broad SMARTS) is 1. The van der Waals surface area contributed by atoms with Crippen LogP contribution in [0.2, 0.25) is 0 Å². The topological polar surface area (TPSA) is 206 Å². The van der Waals surface area contributed by atoms with Crippen LogP contribution in [-0.4, -0.2) is 76.9 Å². The van der Waals surface area contributed by atoms with E-state index in [0.717, 1.165) is 0 Å². The van der Waals surface area contributed by atoms with Crippen molar-refractivity contribution in [2.75, 3.05) is 13.1 Å². The molecule has 12 nitrogen and oxygen atoms in total. The highest BCUT2D eigenvalue weighted by Crippen LogP contribution is 2.19. The Balaban J connectivity index is 2.93. The fraction of sp³-hybridized carbons (Fsp3) is 0.750. The van der Waals surface area contributed by atoms with E-state index >= 15 is 0 Å². The number of nitrogens with zero attached hydrogens (tertiary/aromatic N) is 2. The third kappa shape index (κ3) is 8.69. The Hall–Kier alpha value is -2.89. The van der Waals surface area contributed by atoms with Gasteiger partial charge in [-0.05, 0) is 44.9 Å². The number of carbonyl (C=O) groups excluding carboxylic acids is 3. The summed E-state index contributed by atoms with van der Waals surface area (Å²) < 4.78 is 0. The maximum atomic E-state index is 12.9. The molecule has 0 aromatic rings. The molecule has 0 spiro atoms. The molecule has 0 bridgehead atoms. The van der Waals surface area contributed by atoms with E-state index in [0.29, 0.717) is 25.8 Å². The minimum Gasteiger partial charge on any atom is -0.480 e. The Morgan fingerprint density at radius 1 is 1.12 bits per heavy atom. The molecule has 1 aliphatic rings. The van der Waals surface area contributed by atoms with Gasteiger partial charge < -0.3 is 37.8 Å². The first kappa shape index (κ1) is 27.1. The average molecular weight is 456 g/mol. The SMILES string of the molecule is CC(C)C[C@H](NC(=O)[C@H](CCCN=C(N)N)NC(=O)[C@@H]1CCCN1C(=O)[C@H](C)N)C(=O)O. The molecular weight excluding hydrogens is 418 g/mol. The van der Waals surface area contributed by atoms with Gasteiger partial charge in [-0.1, -0.05) is 13.8 Å². The maximum Gasteiger partial charge on any atom is 0.326 e. The number of carbonyl (C=O) groups is 4. The van der Waals surface area contributed by atoms with E-state index in [2.05, 4.69) is 15.6 Å². The van der Waals surface area contributed by atoms with Crippen LogP contribution >= 0.6 is 0 Å². The summed E-state index contributed by atoms with van der Waals surface area (Å²) in [6, 6.07) is -3.55. The normalized spacial score (nSPS) is 18.5. The number of aliphatic imine (C=N–C) groups is 1. The number of likely N-dealkylation sites (tertiary alicyclic amines) is 1. The van der Waals surface area contributed by atoms with Crippen LogP contribution in [0, 0.1) is 5.92 Å². The summed E-state index contributed by atoms with van der Waals surface area (Å²) in [6.07, 6.45) is 1.92. The van der Waals surface area contributed by atoms with Gasteiger partial charge in [0.2, 0.25) is 17.7 Å². The molecule has 12 heteroatoms. The summed E-state index contributed by atoms with van der Waals surface area (Å²) >= 11 is 0. The lowest BCUT2D eigenvalue weighted by Gasteiger charge is -2.28. The van der Waals surface area contributed by atoms with Crippen molar-refractivity contribution >= 4 is 29.7 Å². The summed E-state index contributed by atoms with van der Waals surface area (Å²) in [5.74, 6) is -2.62. The first-order valence-corrected chi connectivity index (χ1v) is 10.9. The van der Waals surface area contributed by atoms with E-state index < -0.39 is 42.0 Å². The van der Waals surface area contributed by atoms with E-state index in [1.807, 2.05) is 13.8 Å². The molecule has 1 fully saturated rings. The molecule has 32 heavy (non-hydrogen) atoms. The van der Waals surface area contributed by atoms with E-state index in [4.69, 9.17) is 17.2 Å². The Labute approximate surface area is 188 Å². The van der Waals surface area contributed by atoms with Gasteiger partial charge in [-0.25, -0.2) is 4.79 Å². The third-order valence-electron chi connectivity index (χ3n) is 5.13. The number of hydrogen-bond acceptors (Lipinski definition) is 6. The van der Waals surface area contributed by atoms with Crippen molar-refractivity contribution in [2.24, 2.45) is 28.1 Å². The van der Waals surface area contributed by atoms with E-state index in [-0.39, 0.29) is 37.2 Å². The fourth-order valence-corrected chi connectivity index (χ4v) is 3.57. The summed E-state index contributed by atoms with van der Waals surface area (Å²) in [5.41, 5.74) is 16.3. The monoisotopic (exact) mass is 455 g/mol. The predicted octanol–water partition coefficient (Wildman–Crippen LogP) is -1.52. The highest BCUT2D eigenvalue weighted by Gasteiger charge is 2.37. The third-order valence-corrected chi connectivity index (χ3v) is 5.13. The number of guanidine groups is 1. The van der Waals surface area contributed by atoms with E-state index in [1.54, 1.807) is 6.92 Å². The highest BCUT2D eigenvalue weighted by atomic mass is 16.4. The molecule has 1 rings (SSSR count). The van der Waals surface area contributed by atoms with Crippen molar-refractivity contribution in [3.8, 4) is 0 Å². The van der Waals surface area contributed by atoms with Crippen LogP contribution < -0.4 is 27.8 Å². The second-order valence-corrected chi connectivity index (χ2v) is 8.52. The Morgan fingerprint density at radius 3 is 2.31 bits per heavy atom. The van der Waals surface area contributed by atoms with Gasteiger partial charge in [0, 0.05) is 13.1 Å². The molecular formula is C20H37N7O5. The fourth-order valence-electron chi connectivity index (χ4n) is 3.57. The molecule has 3 amide bonds. The highest BCUT2D eigenvalue weighted by molar-refractivity contribution is 5.94. The van der Waals surface area contributed by atoms with Crippen LogP contribution in [-0.2, 0) is 19.2 Å². The Bertz CT molecular complexity index is 706. The molecule has 1 heterocycles. The number of aliphatic carboxylic acids is 1. The van der Waals surface area contributed by atoms with Crippen LogP contribution in [0.15, 0.2) is 4.99 Å². The largest absolute Gasteiger partial charge is 0.480 e. The molecule has 9 N–H and O–H groups in total. The van der Waals surface area contributed by atoms with Gasteiger partial charge in [0.25, 0.3) is 0 Å². The quantitative estimate of drug-likeness (QED) is 0.115. The summed E-state index contributed by atoms with van der Waals surface area (Å²) in [5, 5.41) is 14.6. The zero-order valence-corrected chi connectivity index (χ0v) is 19.0. The van der Waals surface area contributed by atoms with Gasteiger partial charge in [0.1, 0.15) is 18.1 Å². The average Bonchev–Trinajstić information content (AvgIpc) is 3.18. The number of nitrogens with two attached hydrogens (primary N) is 3. The van der Waals surface area contributed by atoms with E-state index in [1.165, 1.54) is 4.90 Å². The number of rotatable bonds is 12. The molecule has 0 aromatic heterocycles. The zero-order chi connectivity index (χ0) is 24.4. The minimum absolute atomic E-state index is 0.0441. The van der Waals surface area contributed by atoms with Gasteiger partial charge in [-0.3, -0.25) is 19.4 Å². The Kier molecular flexibility index (Phi) is 10.9. The van der Waals surface area contributed by atoms with Gasteiger partial charge in [0.05, 0.1) is 6.04 Å². The van der Waals surface area contributed by atoms with Gasteiger partial charge in [-0.2, -0.15) is 0 Å². The minimum atomic E-state index is -1.15. The molecule has 4 atom stereocenters. The molecule has 1 aliphatic heterocycles. The first-order valence-electron chi connectivity index (χ1n) is 10.9. The van der Waals surface area contributed by atoms with Crippen LogP contribution in [0.5, 0.6) is 0 Å². The lowest BCUT2D eigenvalue weighted by molar-refractivity contribution is -0.143. The first-order chi connectivity index (χ1) is 14.9. The van der Waals surface area contributed by atoms with Crippen molar-refractivity contribution in [2.45, 2.75) is 77.0 Å². The lowest BCUT2D eigenvalue weighted by Crippen LogP contribution is -2.56. The number of carboxylic acids is 1. The zero-order valence-electron chi connectivity index (χ0n) is 19.0. The smallest absolute Gasteiger partial charge is 0.326 e. The summed E-state index contributed by atoms with van der Waals surface area (Å²) in [6.45, 7) is 5.90. The maximum absolute atomic E-state index is 12.9. The van der Waals surface area contributed by atoms with Crippen LogP contribution in [0.4, 0.5) is 0 Å². The molecule has 0 saturated carbocycles. The Morgan fingerprint density at radius 2 is 1.78 bits per heavy atom. The summed E-state index contributed by atoms with van der Waals surface area (Å²) in [7, 11) is 0. The van der Waals surface area contributed by atoms with Gasteiger partial charge in [0.15, 0.2) is 5.96 Å². The van der Waals surface area contributed by atoms with Crippen LogP contribution in [0.1, 0.15) is 52.9 Å². The van der Waals surface area contributed by atoms with Crippen LogP contribution in [0.3, 0.4) is 0 Å². The number of nitrogens with one attached hydrogen (secondary N) is 2. The number of amides is 3. The standard InChI is InChI=1S/C20H37N7O5/c1-11(2)10-14(19(31)32)26-16(28)13(6-4-8-24-20(22)23)25-17(29)15-7-5-9-27(15)18(30)12(3)21/h11-15H,4-10,21H2,1-3H3,(H,25,29)(H,26,28)(H,31,32)(H4,22,23,24)/t12-,13-,14-,15-/m0/s1. The van der Waals surface area contributed by atoms with Crippen molar-refractivity contribution in [1.82, 2.24) is 15.5 Å².